The zero-order valence-corrected chi connectivity index (χ0v) is 25.3. The molecule has 1 saturated carbocycles. The van der Waals surface area contributed by atoms with Crippen molar-refractivity contribution in [2.75, 3.05) is 11.9 Å². The van der Waals surface area contributed by atoms with Crippen LogP contribution in [0.5, 0.6) is 0 Å². The minimum atomic E-state index is -0.995. The number of aromatic amines is 1. The third-order valence-electron chi connectivity index (χ3n) is 8.09. The van der Waals surface area contributed by atoms with Crippen molar-refractivity contribution >= 4 is 46.0 Å². The van der Waals surface area contributed by atoms with Crippen LogP contribution in [0.15, 0.2) is 72.8 Å². The Labute approximate surface area is 261 Å². The van der Waals surface area contributed by atoms with Crippen molar-refractivity contribution in [2.24, 2.45) is 17.6 Å². The molecule has 4 aromatic rings. The molecule has 9 nitrogen and oxygen atoms in total. The van der Waals surface area contributed by atoms with Crippen molar-refractivity contribution < 1.29 is 19.1 Å². The summed E-state index contributed by atoms with van der Waals surface area (Å²) in [5.41, 5.74) is 9.68. The maximum atomic E-state index is 13.5. The Morgan fingerprint density at radius 2 is 1.75 bits per heavy atom. The smallest absolute Gasteiger partial charge is 0.242 e. The van der Waals surface area contributed by atoms with Crippen LogP contribution in [0.3, 0.4) is 0 Å². The van der Waals surface area contributed by atoms with Gasteiger partial charge >= 0.3 is 0 Å². The fraction of sp³-hybridized carbons (Fsp3) is 0.353. The topological polar surface area (TPSA) is 139 Å². The summed E-state index contributed by atoms with van der Waals surface area (Å²) in [5, 5.41) is 6.31. The Morgan fingerprint density at radius 3 is 2.48 bits per heavy atom. The average molecular weight is 616 g/mol. The molecule has 1 aliphatic rings. The van der Waals surface area contributed by atoms with Gasteiger partial charge in [0, 0.05) is 28.6 Å². The van der Waals surface area contributed by atoms with E-state index in [9.17, 15) is 14.4 Å². The lowest BCUT2D eigenvalue weighted by Crippen LogP contribution is -2.49. The lowest BCUT2D eigenvalue weighted by atomic mass is 9.81. The third kappa shape index (κ3) is 8.67. The average Bonchev–Trinajstić information content (AvgIpc) is 3.45. The van der Waals surface area contributed by atoms with Gasteiger partial charge in [0.1, 0.15) is 11.9 Å². The van der Waals surface area contributed by atoms with E-state index in [2.05, 4.69) is 20.6 Å². The molecule has 2 unspecified atom stereocenters. The van der Waals surface area contributed by atoms with Crippen LogP contribution in [-0.4, -0.2) is 40.3 Å². The normalized spacial score (nSPS) is 15.0. The molecule has 0 radical (unpaired) electrons. The second-order valence-electron chi connectivity index (χ2n) is 11.5. The summed E-state index contributed by atoms with van der Waals surface area (Å²) in [6.45, 7) is 0.237. The number of hydrogen-bond acceptors (Lipinski definition) is 5. The van der Waals surface area contributed by atoms with Crippen LogP contribution in [0.4, 0.5) is 5.69 Å². The van der Waals surface area contributed by atoms with Crippen LogP contribution in [0, 0.1) is 11.8 Å². The number of ether oxygens (including phenoxy) is 1. The third-order valence-corrected chi connectivity index (χ3v) is 8.32. The Kier molecular flexibility index (Phi) is 10.6. The summed E-state index contributed by atoms with van der Waals surface area (Å²) >= 11 is 6.09. The molecule has 3 amide bonds. The van der Waals surface area contributed by atoms with Crippen LogP contribution in [-0.2, 0) is 25.7 Å². The van der Waals surface area contributed by atoms with E-state index in [0.29, 0.717) is 28.9 Å². The van der Waals surface area contributed by atoms with E-state index in [0.717, 1.165) is 47.8 Å². The Balaban J connectivity index is 1.21. The first-order valence-electron chi connectivity index (χ1n) is 15.1. The number of hydrogen-bond donors (Lipinski definition) is 4. The van der Waals surface area contributed by atoms with Gasteiger partial charge in [-0.1, -0.05) is 74.0 Å². The number of halogens is 1. The molecule has 10 heteroatoms. The number of rotatable bonds is 13. The molecule has 0 saturated heterocycles. The second kappa shape index (κ2) is 15.0. The van der Waals surface area contributed by atoms with Gasteiger partial charge in [0.05, 0.1) is 24.2 Å². The van der Waals surface area contributed by atoms with Gasteiger partial charge in [0.2, 0.25) is 17.7 Å². The van der Waals surface area contributed by atoms with Crippen LogP contribution in [0.1, 0.15) is 50.5 Å². The molecule has 0 bridgehead atoms. The van der Waals surface area contributed by atoms with E-state index in [1.54, 1.807) is 18.2 Å². The first-order valence-corrected chi connectivity index (χ1v) is 15.5. The summed E-state index contributed by atoms with van der Waals surface area (Å²) in [4.78, 5) is 46.7. The zero-order valence-electron chi connectivity index (χ0n) is 24.6. The summed E-state index contributed by atoms with van der Waals surface area (Å²) in [6.07, 6.45) is 6.05. The molecule has 1 aliphatic carbocycles. The van der Waals surface area contributed by atoms with Crippen molar-refractivity contribution in [1.29, 1.82) is 0 Å². The SMILES string of the molecule is NC(=O)C(COCc1ccccc1)NC(=O)C(CC(=O)Nc1ccc(-c2nc3ccc(Cl)cc3[nH]2)cc1)CC1CCCCC1. The number of amides is 3. The molecular weight excluding hydrogens is 578 g/mol. The number of carbonyl (C=O) groups is 3. The van der Waals surface area contributed by atoms with Gasteiger partial charge in [-0.2, -0.15) is 0 Å². The number of primary amides is 1. The molecule has 2 atom stereocenters. The van der Waals surface area contributed by atoms with Gasteiger partial charge in [-0.25, -0.2) is 4.98 Å². The molecule has 44 heavy (non-hydrogen) atoms. The van der Waals surface area contributed by atoms with Gasteiger partial charge in [0.25, 0.3) is 0 Å². The molecule has 0 spiro atoms. The van der Waals surface area contributed by atoms with Crippen LogP contribution in [0.25, 0.3) is 22.4 Å². The van der Waals surface area contributed by atoms with Crippen molar-refractivity contribution in [2.45, 2.75) is 57.6 Å². The maximum Gasteiger partial charge on any atom is 0.242 e. The minimum Gasteiger partial charge on any atom is -0.374 e. The van der Waals surface area contributed by atoms with E-state index in [1.807, 2.05) is 54.6 Å². The number of carbonyl (C=O) groups excluding carboxylic acids is 3. The van der Waals surface area contributed by atoms with E-state index in [-0.39, 0.29) is 31.4 Å². The highest BCUT2D eigenvalue weighted by molar-refractivity contribution is 6.31. The molecule has 5 rings (SSSR count). The standard InChI is InChI=1S/C34H38ClN5O4/c35-26-13-16-28-29(19-26)39-33(38-28)24-11-14-27(15-12-24)37-31(41)18-25(17-22-7-3-1-4-8-22)34(43)40-30(32(36)42)21-44-20-23-9-5-2-6-10-23/h2,5-6,9-16,19,22,25,30H,1,3-4,7-8,17-18,20-21H2,(H2,36,42)(H,37,41)(H,38,39)(H,40,43). The Morgan fingerprint density at radius 1 is 1.00 bits per heavy atom. The Bertz CT molecular complexity index is 1570. The second-order valence-corrected chi connectivity index (χ2v) is 11.9. The highest BCUT2D eigenvalue weighted by atomic mass is 35.5. The van der Waals surface area contributed by atoms with Gasteiger partial charge in [-0.05, 0) is 60.4 Å². The summed E-state index contributed by atoms with van der Waals surface area (Å²) in [7, 11) is 0. The molecular formula is C34H38ClN5O4. The van der Waals surface area contributed by atoms with Gasteiger partial charge in [-0.3, -0.25) is 14.4 Å². The lowest BCUT2D eigenvalue weighted by Gasteiger charge is -2.27. The number of nitrogens with one attached hydrogen (secondary N) is 3. The van der Waals surface area contributed by atoms with Crippen LogP contribution in [0.2, 0.25) is 5.02 Å². The summed E-state index contributed by atoms with van der Waals surface area (Å²) in [6, 6.07) is 21.4. The predicted octanol–water partition coefficient (Wildman–Crippen LogP) is 5.99. The van der Waals surface area contributed by atoms with Crippen molar-refractivity contribution in [3.05, 3.63) is 83.4 Å². The quantitative estimate of drug-likeness (QED) is 0.146. The fourth-order valence-corrected chi connectivity index (χ4v) is 5.90. The molecule has 5 N–H and O–H groups in total. The summed E-state index contributed by atoms with van der Waals surface area (Å²) < 4.78 is 5.69. The highest BCUT2D eigenvalue weighted by Crippen LogP contribution is 2.31. The number of anilines is 1. The first-order chi connectivity index (χ1) is 21.3. The van der Waals surface area contributed by atoms with Gasteiger partial charge in [0.15, 0.2) is 0 Å². The molecule has 3 aromatic carbocycles. The fourth-order valence-electron chi connectivity index (χ4n) is 5.73. The van der Waals surface area contributed by atoms with E-state index in [1.165, 1.54) is 6.42 Å². The maximum absolute atomic E-state index is 13.5. The number of imidazole rings is 1. The Hall–Kier alpha value is -4.21. The molecule has 230 valence electrons. The van der Waals surface area contributed by atoms with Gasteiger partial charge < -0.3 is 26.1 Å². The van der Waals surface area contributed by atoms with E-state index < -0.39 is 17.9 Å². The van der Waals surface area contributed by atoms with E-state index >= 15 is 0 Å². The van der Waals surface area contributed by atoms with Crippen molar-refractivity contribution in [3.8, 4) is 11.4 Å². The van der Waals surface area contributed by atoms with Crippen molar-refractivity contribution in [3.63, 3.8) is 0 Å². The number of H-pyrrole nitrogens is 1. The number of nitrogens with two attached hydrogens (primary N) is 1. The van der Waals surface area contributed by atoms with Gasteiger partial charge in [-0.15, -0.1) is 0 Å². The number of nitrogens with zero attached hydrogens (tertiary/aromatic N) is 1. The highest BCUT2D eigenvalue weighted by Gasteiger charge is 2.29. The predicted molar refractivity (Wildman–Crippen MR) is 172 cm³/mol. The minimum absolute atomic E-state index is 0.00915. The van der Waals surface area contributed by atoms with E-state index in [4.69, 9.17) is 22.1 Å². The molecule has 0 aliphatic heterocycles. The molecule has 1 fully saturated rings. The molecule has 1 heterocycles. The van der Waals surface area contributed by atoms with Crippen LogP contribution < -0.4 is 16.4 Å². The first kappa shape index (κ1) is 31.2. The van der Waals surface area contributed by atoms with Crippen molar-refractivity contribution in [1.82, 2.24) is 15.3 Å². The largest absolute Gasteiger partial charge is 0.374 e. The lowest BCUT2D eigenvalue weighted by molar-refractivity contribution is -0.133. The number of fused-ring (bicyclic) bond motifs is 1. The monoisotopic (exact) mass is 615 g/mol. The molecule has 1 aromatic heterocycles. The number of aromatic nitrogens is 2. The summed E-state index contributed by atoms with van der Waals surface area (Å²) in [5.74, 6) is -0.871. The number of benzene rings is 3. The zero-order chi connectivity index (χ0) is 30.9. The van der Waals surface area contributed by atoms with Crippen LogP contribution >= 0.6 is 11.6 Å².